The predicted molar refractivity (Wildman–Crippen MR) is 74.8 cm³/mol. The van der Waals surface area contributed by atoms with E-state index in [4.69, 9.17) is 10.5 Å². The quantitative estimate of drug-likeness (QED) is 0.853. The summed E-state index contributed by atoms with van der Waals surface area (Å²) >= 11 is 0. The zero-order chi connectivity index (χ0) is 13.7. The van der Waals surface area contributed by atoms with Crippen LogP contribution in [0.4, 0.5) is 5.69 Å². The minimum atomic E-state index is -0.253. The zero-order valence-electron chi connectivity index (χ0n) is 10.8. The molecule has 100 valence electrons. The number of nitrogens with zero attached hydrogens (tertiary/aromatic N) is 1. The third kappa shape index (κ3) is 3.27. The van der Waals surface area contributed by atoms with Gasteiger partial charge in [0.05, 0.1) is 12.5 Å². The Labute approximate surface area is 111 Å². The first-order chi connectivity index (χ1) is 9.24. The number of benzene rings is 1. The van der Waals surface area contributed by atoms with Crippen molar-refractivity contribution in [2.45, 2.75) is 12.5 Å². The third-order valence-electron chi connectivity index (χ3n) is 2.96. The van der Waals surface area contributed by atoms with Crippen molar-refractivity contribution in [3.63, 3.8) is 0 Å². The van der Waals surface area contributed by atoms with E-state index in [1.165, 1.54) is 0 Å². The number of hydrogen-bond donors (Lipinski definition) is 2. The number of nitrogens with two attached hydrogens (primary N) is 1. The number of hydrogen-bond acceptors (Lipinski definition) is 4. The number of carbonyl (C=O) groups is 1. The highest BCUT2D eigenvalue weighted by Crippen LogP contribution is 2.22. The maximum atomic E-state index is 11.9. The summed E-state index contributed by atoms with van der Waals surface area (Å²) in [5, 5.41) is 4.84. The van der Waals surface area contributed by atoms with Crippen molar-refractivity contribution in [2.24, 2.45) is 5.73 Å². The molecule has 5 nitrogen and oxygen atoms in total. The van der Waals surface area contributed by atoms with Crippen LogP contribution in [0, 0.1) is 0 Å². The second kappa shape index (κ2) is 6.26. The van der Waals surface area contributed by atoms with Gasteiger partial charge in [0.2, 0.25) is 5.91 Å². The number of pyridine rings is 1. The van der Waals surface area contributed by atoms with E-state index in [0.717, 1.165) is 16.5 Å². The minimum absolute atomic E-state index is 0.110. The Hall–Kier alpha value is -1.98. The molecule has 0 saturated carbocycles. The summed E-state index contributed by atoms with van der Waals surface area (Å²) in [7, 11) is 1.55. The zero-order valence-corrected chi connectivity index (χ0v) is 10.8. The highest BCUT2D eigenvalue weighted by atomic mass is 16.5. The Morgan fingerprint density at radius 1 is 1.47 bits per heavy atom. The molecule has 0 bridgehead atoms. The Balaban J connectivity index is 2.15. The molecule has 0 aliphatic heterocycles. The van der Waals surface area contributed by atoms with Gasteiger partial charge >= 0.3 is 0 Å². The molecule has 1 unspecified atom stereocenters. The lowest BCUT2D eigenvalue weighted by Crippen LogP contribution is -2.28. The smallest absolute Gasteiger partial charge is 0.227 e. The number of carbonyl (C=O) groups excluding carboxylic acids is 1. The molecule has 0 spiro atoms. The van der Waals surface area contributed by atoms with Crippen LogP contribution in [0.15, 0.2) is 36.7 Å². The molecule has 2 rings (SSSR count). The number of amides is 1. The van der Waals surface area contributed by atoms with Crippen molar-refractivity contribution in [1.29, 1.82) is 0 Å². The van der Waals surface area contributed by atoms with Gasteiger partial charge < -0.3 is 15.8 Å². The summed E-state index contributed by atoms with van der Waals surface area (Å²) in [6.45, 7) is 0.323. The monoisotopic (exact) mass is 259 g/mol. The molecule has 0 fully saturated rings. The van der Waals surface area contributed by atoms with Gasteiger partial charge in [0, 0.05) is 42.5 Å². The van der Waals surface area contributed by atoms with Crippen molar-refractivity contribution in [2.75, 3.05) is 19.0 Å². The van der Waals surface area contributed by atoms with Crippen molar-refractivity contribution >= 4 is 22.4 Å². The Bertz CT molecular complexity index is 562. The fraction of sp³-hybridized carbons (Fsp3) is 0.286. The van der Waals surface area contributed by atoms with Crippen LogP contribution in [0.2, 0.25) is 0 Å². The summed E-state index contributed by atoms with van der Waals surface area (Å²) in [6.07, 6.45) is 3.46. The fourth-order valence-electron chi connectivity index (χ4n) is 1.90. The molecule has 1 aromatic heterocycles. The summed E-state index contributed by atoms with van der Waals surface area (Å²) in [4.78, 5) is 16.0. The molecule has 0 radical (unpaired) electrons. The van der Waals surface area contributed by atoms with Crippen LogP contribution in [-0.2, 0) is 9.53 Å². The number of nitrogens with one attached hydrogen (secondary N) is 1. The molecule has 3 N–H and O–H groups in total. The SMILES string of the molecule is COC(CN)CC(=O)Nc1cccc2cnccc12. The summed E-state index contributed by atoms with van der Waals surface area (Å²) in [5.41, 5.74) is 6.28. The maximum absolute atomic E-state index is 11.9. The van der Waals surface area contributed by atoms with Crippen LogP contribution in [0.5, 0.6) is 0 Å². The summed E-state index contributed by atoms with van der Waals surface area (Å²) in [5.74, 6) is -0.110. The van der Waals surface area contributed by atoms with E-state index >= 15 is 0 Å². The van der Waals surface area contributed by atoms with Crippen LogP contribution in [-0.4, -0.2) is 30.6 Å². The fourth-order valence-corrected chi connectivity index (χ4v) is 1.90. The number of rotatable bonds is 5. The second-order valence-corrected chi connectivity index (χ2v) is 4.25. The normalized spacial score (nSPS) is 12.3. The highest BCUT2D eigenvalue weighted by Gasteiger charge is 2.12. The first-order valence-corrected chi connectivity index (χ1v) is 6.10. The molecule has 1 heterocycles. The van der Waals surface area contributed by atoms with E-state index in [-0.39, 0.29) is 18.4 Å². The lowest BCUT2D eigenvalue weighted by Gasteiger charge is -2.13. The van der Waals surface area contributed by atoms with Gasteiger partial charge in [0.1, 0.15) is 0 Å². The van der Waals surface area contributed by atoms with Gasteiger partial charge in [-0.25, -0.2) is 0 Å². The van der Waals surface area contributed by atoms with Crippen molar-refractivity contribution in [3.05, 3.63) is 36.7 Å². The van der Waals surface area contributed by atoms with Gasteiger partial charge in [-0.15, -0.1) is 0 Å². The lowest BCUT2D eigenvalue weighted by molar-refractivity contribution is -0.118. The highest BCUT2D eigenvalue weighted by molar-refractivity contribution is 6.01. The van der Waals surface area contributed by atoms with E-state index < -0.39 is 0 Å². The van der Waals surface area contributed by atoms with Crippen molar-refractivity contribution in [1.82, 2.24) is 4.98 Å². The summed E-state index contributed by atoms with van der Waals surface area (Å²) in [6, 6.07) is 7.58. The maximum Gasteiger partial charge on any atom is 0.227 e. The molecule has 0 aliphatic rings. The second-order valence-electron chi connectivity index (χ2n) is 4.25. The van der Waals surface area contributed by atoms with E-state index in [2.05, 4.69) is 10.3 Å². The first kappa shape index (κ1) is 13.5. The van der Waals surface area contributed by atoms with Crippen molar-refractivity contribution < 1.29 is 9.53 Å². The Morgan fingerprint density at radius 3 is 3.05 bits per heavy atom. The standard InChI is InChI=1S/C14H17N3O2/c1-19-11(8-15)7-14(18)17-13-4-2-3-10-9-16-6-5-12(10)13/h2-6,9,11H,7-8,15H2,1H3,(H,17,18). The molecular weight excluding hydrogens is 242 g/mol. The minimum Gasteiger partial charge on any atom is -0.380 e. The molecule has 1 amide bonds. The molecule has 0 aliphatic carbocycles. The van der Waals surface area contributed by atoms with Gasteiger partial charge in [-0.3, -0.25) is 9.78 Å². The number of ether oxygens (including phenoxy) is 1. The van der Waals surface area contributed by atoms with Crippen LogP contribution in [0.25, 0.3) is 10.8 Å². The average Bonchev–Trinajstić information content (AvgIpc) is 2.45. The van der Waals surface area contributed by atoms with Gasteiger partial charge in [0.15, 0.2) is 0 Å². The molecule has 1 atom stereocenters. The van der Waals surface area contributed by atoms with E-state index in [1.54, 1.807) is 19.5 Å². The molecule has 1 aromatic carbocycles. The number of anilines is 1. The van der Waals surface area contributed by atoms with Crippen LogP contribution in [0.1, 0.15) is 6.42 Å². The number of aromatic nitrogens is 1. The summed E-state index contributed by atoms with van der Waals surface area (Å²) < 4.78 is 5.10. The number of fused-ring (bicyclic) bond motifs is 1. The third-order valence-corrected chi connectivity index (χ3v) is 2.96. The molecular formula is C14H17N3O2. The first-order valence-electron chi connectivity index (χ1n) is 6.10. The van der Waals surface area contributed by atoms with Gasteiger partial charge in [0.25, 0.3) is 0 Å². The van der Waals surface area contributed by atoms with E-state index in [1.807, 2.05) is 24.3 Å². The van der Waals surface area contributed by atoms with Gasteiger partial charge in [-0.2, -0.15) is 0 Å². The number of methoxy groups -OCH3 is 1. The predicted octanol–water partition coefficient (Wildman–Crippen LogP) is 1.54. The van der Waals surface area contributed by atoms with Gasteiger partial charge in [-0.05, 0) is 12.1 Å². The topological polar surface area (TPSA) is 77.2 Å². The molecule has 19 heavy (non-hydrogen) atoms. The Morgan fingerprint density at radius 2 is 2.32 bits per heavy atom. The molecule has 2 aromatic rings. The van der Waals surface area contributed by atoms with Crippen LogP contribution >= 0.6 is 0 Å². The average molecular weight is 259 g/mol. The largest absolute Gasteiger partial charge is 0.380 e. The van der Waals surface area contributed by atoms with E-state index in [9.17, 15) is 4.79 Å². The lowest BCUT2D eigenvalue weighted by atomic mass is 10.1. The molecule has 0 saturated heterocycles. The van der Waals surface area contributed by atoms with E-state index in [0.29, 0.717) is 6.54 Å². The Kier molecular flexibility index (Phi) is 4.43. The molecule has 5 heteroatoms. The van der Waals surface area contributed by atoms with Crippen molar-refractivity contribution in [3.8, 4) is 0 Å². The van der Waals surface area contributed by atoms with Crippen LogP contribution in [0.3, 0.4) is 0 Å². The van der Waals surface area contributed by atoms with Gasteiger partial charge in [-0.1, -0.05) is 12.1 Å². The van der Waals surface area contributed by atoms with Crippen LogP contribution < -0.4 is 11.1 Å².